The molecule has 5 nitrogen and oxygen atoms in total. The first-order chi connectivity index (χ1) is 12.2. The maximum Gasteiger partial charge on any atom is 0.257 e. The minimum Gasteiger partial charge on any atom is -0.497 e. The monoisotopic (exact) mass is 353 g/mol. The zero-order valence-corrected chi connectivity index (χ0v) is 14.2. The molecule has 3 rings (SSSR count). The number of para-hydroxylation sites is 1. The third-order valence-electron chi connectivity index (χ3n) is 3.49. The third kappa shape index (κ3) is 4.28. The molecule has 0 atom stereocenters. The summed E-state index contributed by atoms with van der Waals surface area (Å²) in [6.45, 7) is 0. The molecule has 0 unspecified atom stereocenters. The van der Waals surface area contributed by atoms with Crippen LogP contribution in [0.3, 0.4) is 0 Å². The first-order valence-corrected chi connectivity index (χ1v) is 7.96. The van der Waals surface area contributed by atoms with E-state index in [1.54, 1.807) is 43.5 Å². The lowest BCUT2D eigenvalue weighted by Gasteiger charge is -2.09. The zero-order chi connectivity index (χ0) is 17.6. The van der Waals surface area contributed by atoms with Crippen molar-refractivity contribution < 1.29 is 9.53 Å². The third-order valence-corrected chi connectivity index (χ3v) is 3.82. The van der Waals surface area contributed by atoms with E-state index in [9.17, 15) is 4.79 Å². The molecule has 2 N–H and O–H groups in total. The number of ether oxygens (including phenoxy) is 1. The maximum atomic E-state index is 12.3. The van der Waals surface area contributed by atoms with Crippen LogP contribution in [0.2, 0.25) is 5.02 Å². The summed E-state index contributed by atoms with van der Waals surface area (Å²) in [6, 6.07) is 18.0. The number of nitrogens with one attached hydrogen (secondary N) is 2. The molecule has 0 fully saturated rings. The molecule has 3 aromatic rings. The number of aromatic nitrogens is 1. The lowest BCUT2D eigenvalue weighted by Crippen LogP contribution is -2.12. The maximum absolute atomic E-state index is 12.3. The number of anilines is 3. The van der Waals surface area contributed by atoms with E-state index >= 15 is 0 Å². The number of rotatable bonds is 5. The van der Waals surface area contributed by atoms with Crippen molar-refractivity contribution in [3.8, 4) is 5.75 Å². The van der Waals surface area contributed by atoms with E-state index in [-0.39, 0.29) is 5.91 Å². The van der Waals surface area contributed by atoms with E-state index < -0.39 is 0 Å². The summed E-state index contributed by atoms with van der Waals surface area (Å²) in [5.41, 5.74) is 1.85. The van der Waals surface area contributed by atoms with Crippen molar-refractivity contribution >= 4 is 34.7 Å². The van der Waals surface area contributed by atoms with Crippen molar-refractivity contribution in [1.82, 2.24) is 4.98 Å². The Morgan fingerprint density at radius 2 is 1.92 bits per heavy atom. The Labute approximate surface area is 150 Å². The molecule has 1 heterocycles. The molecule has 0 saturated heterocycles. The average Bonchev–Trinajstić information content (AvgIpc) is 2.64. The molecule has 25 heavy (non-hydrogen) atoms. The van der Waals surface area contributed by atoms with Gasteiger partial charge in [-0.2, -0.15) is 0 Å². The molecule has 2 aromatic carbocycles. The van der Waals surface area contributed by atoms with Crippen LogP contribution < -0.4 is 15.4 Å². The van der Waals surface area contributed by atoms with Crippen LogP contribution in [-0.2, 0) is 0 Å². The van der Waals surface area contributed by atoms with Crippen molar-refractivity contribution in [1.29, 1.82) is 0 Å². The predicted octanol–water partition coefficient (Wildman–Crippen LogP) is 4.74. The molecule has 0 aliphatic carbocycles. The first kappa shape index (κ1) is 16.8. The van der Waals surface area contributed by atoms with Gasteiger partial charge < -0.3 is 15.4 Å². The Morgan fingerprint density at radius 3 is 2.64 bits per heavy atom. The van der Waals surface area contributed by atoms with Gasteiger partial charge in [0.25, 0.3) is 5.91 Å². The van der Waals surface area contributed by atoms with Crippen LogP contribution in [0.25, 0.3) is 0 Å². The number of carbonyl (C=O) groups excluding carboxylic acids is 1. The normalized spacial score (nSPS) is 10.2. The second-order valence-electron chi connectivity index (χ2n) is 5.22. The first-order valence-electron chi connectivity index (χ1n) is 7.59. The van der Waals surface area contributed by atoms with Crippen LogP contribution in [0.1, 0.15) is 10.4 Å². The van der Waals surface area contributed by atoms with Gasteiger partial charge in [-0.25, -0.2) is 4.98 Å². The fourth-order valence-corrected chi connectivity index (χ4v) is 2.39. The van der Waals surface area contributed by atoms with E-state index in [0.717, 1.165) is 11.4 Å². The molecule has 1 aromatic heterocycles. The smallest absolute Gasteiger partial charge is 0.257 e. The second-order valence-corrected chi connectivity index (χ2v) is 5.63. The number of carbonyl (C=O) groups is 1. The van der Waals surface area contributed by atoms with Gasteiger partial charge in [-0.3, -0.25) is 4.79 Å². The molecule has 0 aliphatic rings. The summed E-state index contributed by atoms with van der Waals surface area (Å²) in [4.78, 5) is 16.5. The van der Waals surface area contributed by atoms with Gasteiger partial charge in [0.1, 0.15) is 11.6 Å². The van der Waals surface area contributed by atoms with E-state index in [1.165, 1.54) is 6.20 Å². The number of hydrogen-bond acceptors (Lipinski definition) is 4. The quantitative estimate of drug-likeness (QED) is 0.695. The summed E-state index contributed by atoms with van der Waals surface area (Å²) in [5, 5.41) is 6.41. The van der Waals surface area contributed by atoms with Gasteiger partial charge >= 0.3 is 0 Å². The topological polar surface area (TPSA) is 63.2 Å². The highest BCUT2D eigenvalue weighted by atomic mass is 35.5. The Hall–Kier alpha value is -3.05. The number of amides is 1. The van der Waals surface area contributed by atoms with Crippen LogP contribution in [0.4, 0.5) is 17.2 Å². The number of nitrogens with zero attached hydrogens (tertiary/aromatic N) is 1. The van der Waals surface area contributed by atoms with Gasteiger partial charge in [0.2, 0.25) is 0 Å². The molecule has 0 bridgehead atoms. The molecule has 1 amide bonds. The molecular formula is C19H16ClN3O2. The zero-order valence-electron chi connectivity index (χ0n) is 13.5. The van der Waals surface area contributed by atoms with Gasteiger partial charge in [-0.1, -0.05) is 29.8 Å². The van der Waals surface area contributed by atoms with Gasteiger partial charge in [-0.05, 0) is 36.4 Å². The summed E-state index contributed by atoms with van der Waals surface area (Å²) in [5.74, 6) is 1.11. The van der Waals surface area contributed by atoms with Crippen molar-refractivity contribution in [2.45, 2.75) is 0 Å². The Kier molecular flexibility index (Phi) is 5.16. The Morgan fingerprint density at radius 1 is 1.08 bits per heavy atom. The second kappa shape index (κ2) is 7.68. The van der Waals surface area contributed by atoms with Crippen molar-refractivity contribution in [3.63, 3.8) is 0 Å². The highest BCUT2D eigenvalue weighted by molar-refractivity contribution is 6.33. The predicted molar refractivity (Wildman–Crippen MR) is 99.9 cm³/mol. The lowest BCUT2D eigenvalue weighted by atomic mass is 10.2. The number of hydrogen-bond donors (Lipinski definition) is 2. The average molecular weight is 354 g/mol. The standard InChI is InChI=1S/C19H16ClN3O2/c1-25-15-6-4-5-14(11-15)22-18-10-9-13(12-21-18)19(24)23-17-8-3-2-7-16(17)20/h2-12H,1H3,(H,21,22)(H,23,24). The fourth-order valence-electron chi connectivity index (χ4n) is 2.21. The number of methoxy groups -OCH3 is 1. The van der Waals surface area contributed by atoms with Crippen molar-refractivity contribution in [2.24, 2.45) is 0 Å². The fraction of sp³-hybridized carbons (Fsp3) is 0.0526. The number of benzene rings is 2. The minimum absolute atomic E-state index is 0.270. The molecule has 126 valence electrons. The summed E-state index contributed by atoms with van der Waals surface area (Å²) in [6.07, 6.45) is 1.51. The van der Waals surface area contributed by atoms with Crippen molar-refractivity contribution in [2.75, 3.05) is 17.7 Å². The van der Waals surface area contributed by atoms with Crippen LogP contribution >= 0.6 is 11.6 Å². The number of halogens is 1. The Balaban J connectivity index is 1.69. The molecule has 0 saturated carbocycles. The summed E-state index contributed by atoms with van der Waals surface area (Å²) >= 11 is 6.05. The SMILES string of the molecule is COc1cccc(Nc2ccc(C(=O)Nc3ccccc3Cl)cn2)c1. The van der Waals surface area contributed by atoms with E-state index in [1.807, 2.05) is 24.3 Å². The largest absolute Gasteiger partial charge is 0.497 e. The van der Waals surface area contributed by atoms with Crippen LogP contribution in [0, 0.1) is 0 Å². The highest BCUT2D eigenvalue weighted by Gasteiger charge is 2.09. The van der Waals surface area contributed by atoms with E-state index in [0.29, 0.717) is 22.1 Å². The minimum atomic E-state index is -0.270. The van der Waals surface area contributed by atoms with Gasteiger partial charge in [0.15, 0.2) is 0 Å². The summed E-state index contributed by atoms with van der Waals surface area (Å²) in [7, 11) is 1.61. The molecular weight excluding hydrogens is 338 g/mol. The van der Waals surface area contributed by atoms with Crippen molar-refractivity contribution in [3.05, 3.63) is 77.4 Å². The highest BCUT2D eigenvalue weighted by Crippen LogP contribution is 2.22. The lowest BCUT2D eigenvalue weighted by molar-refractivity contribution is 0.102. The molecule has 0 spiro atoms. The van der Waals surface area contributed by atoms with E-state index in [4.69, 9.17) is 16.3 Å². The van der Waals surface area contributed by atoms with E-state index in [2.05, 4.69) is 15.6 Å². The summed E-state index contributed by atoms with van der Waals surface area (Å²) < 4.78 is 5.19. The van der Waals surface area contributed by atoms with Crippen LogP contribution in [0.15, 0.2) is 66.9 Å². The van der Waals surface area contributed by atoms with Crippen LogP contribution in [0.5, 0.6) is 5.75 Å². The molecule has 6 heteroatoms. The molecule has 0 aliphatic heterocycles. The van der Waals surface area contributed by atoms with Gasteiger partial charge in [0, 0.05) is 18.0 Å². The Bertz CT molecular complexity index is 882. The molecule has 0 radical (unpaired) electrons. The number of pyridine rings is 1. The van der Waals surface area contributed by atoms with Crippen LogP contribution in [-0.4, -0.2) is 18.0 Å². The van der Waals surface area contributed by atoms with Gasteiger partial charge in [0.05, 0.1) is 23.4 Å². The van der Waals surface area contributed by atoms with Gasteiger partial charge in [-0.15, -0.1) is 0 Å².